The van der Waals surface area contributed by atoms with Crippen molar-refractivity contribution < 1.29 is 0 Å². The number of para-hydroxylation sites is 3. The molecule has 0 N–H and O–H groups in total. The van der Waals surface area contributed by atoms with Gasteiger partial charge in [0.1, 0.15) is 5.82 Å². The fourth-order valence-corrected chi connectivity index (χ4v) is 20.5. The Bertz CT molecular complexity index is 7740. The van der Waals surface area contributed by atoms with Gasteiger partial charge in [-0.1, -0.05) is 311 Å². The van der Waals surface area contributed by atoms with Crippen molar-refractivity contribution in [3.05, 3.63) is 422 Å². The summed E-state index contributed by atoms with van der Waals surface area (Å²) in [6, 6.07) is 140. The Kier molecular flexibility index (Phi) is 14.0. The predicted molar refractivity (Wildman–Crippen MR) is 477 cm³/mol. The van der Waals surface area contributed by atoms with E-state index in [1.54, 1.807) is 0 Å². The van der Waals surface area contributed by atoms with Crippen LogP contribution in [0, 0.1) is 0 Å². The first-order valence-corrected chi connectivity index (χ1v) is 39.8. The van der Waals surface area contributed by atoms with Crippen LogP contribution in [0.2, 0.25) is 0 Å². The van der Waals surface area contributed by atoms with Crippen LogP contribution in [0.25, 0.3) is 193 Å². The molecule has 0 fully saturated rings. The zero-order valence-electron chi connectivity index (χ0n) is 63.1. The maximum Gasteiger partial charge on any atom is 0.160 e. The highest BCUT2D eigenvalue weighted by Crippen LogP contribution is 2.66. The van der Waals surface area contributed by atoms with Gasteiger partial charge < -0.3 is 9.13 Å². The van der Waals surface area contributed by atoms with E-state index in [1.165, 1.54) is 170 Å². The first-order chi connectivity index (χ1) is 56.8. The van der Waals surface area contributed by atoms with Crippen LogP contribution >= 0.6 is 0 Å². The van der Waals surface area contributed by atoms with Gasteiger partial charge in [-0.3, -0.25) is 4.57 Å². The van der Waals surface area contributed by atoms with Gasteiger partial charge >= 0.3 is 0 Å². The summed E-state index contributed by atoms with van der Waals surface area (Å²) in [5.41, 5.74) is 32.1. The summed E-state index contributed by atoms with van der Waals surface area (Å²) in [7, 11) is 0. The SMILES string of the molecule is CC1(C)c2ccc3ccccc3c2-c2c1ccc1c2c2cc(-c3cc4c5ccccc5n(-c5ccccc5)c4c4ccccc34)ccc2n1-c1ccccn1.c1ccc(-c2cc(-c3ccccc3)nc(-c3ccc4c5c6c(ccc5n(-c5ccccc5)c4c3)C3(c4ccccc4-c4ccccc43)c3ccc4ccccc4c3-6)n2)cc1. The fraction of sp³-hybridized carbons (Fsp3) is 0.0367. The van der Waals surface area contributed by atoms with Gasteiger partial charge in [0.05, 0.1) is 49.9 Å². The Labute approximate surface area is 664 Å². The Hall–Kier alpha value is -14.9. The molecular weight excluding hydrogens is 1390 g/mol. The average Bonchev–Trinajstić information content (AvgIpc) is 1.49. The number of rotatable bonds is 7. The molecule has 25 rings (SSSR count). The molecule has 1 spiro atoms. The Balaban J connectivity index is 0.000000133. The van der Waals surface area contributed by atoms with E-state index in [0.29, 0.717) is 5.82 Å². The number of aromatic nitrogens is 6. The highest BCUT2D eigenvalue weighted by Gasteiger charge is 2.53. The molecule has 22 aromatic rings. The second kappa shape index (κ2) is 24.8. The number of benzene rings is 17. The van der Waals surface area contributed by atoms with Crippen LogP contribution < -0.4 is 0 Å². The zero-order valence-corrected chi connectivity index (χ0v) is 63.1. The molecule has 0 amide bonds. The topological polar surface area (TPSA) is 53.5 Å². The van der Waals surface area contributed by atoms with Crippen LogP contribution in [0.4, 0.5) is 0 Å². The summed E-state index contributed by atoms with van der Waals surface area (Å²) in [6.07, 6.45) is 1.90. The molecule has 3 aliphatic carbocycles. The molecular formula is C109H70N6. The van der Waals surface area contributed by atoms with E-state index in [4.69, 9.17) is 15.0 Å². The van der Waals surface area contributed by atoms with E-state index in [0.717, 1.165) is 50.6 Å². The third kappa shape index (κ3) is 9.30. The van der Waals surface area contributed by atoms with Crippen molar-refractivity contribution in [2.45, 2.75) is 24.7 Å². The molecule has 0 atom stereocenters. The summed E-state index contributed by atoms with van der Waals surface area (Å²) in [4.78, 5) is 15.4. The zero-order chi connectivity index (χ0) is 75.8. The number of hydrogen-bond donors (Lipinski definition) is 0. The Morgan fingerprint density at radius 2 is 0.730 bits per heavy atom. The van der Waals surface area contributed by atoms with Gasteiger partial charge in [-0.05, 0) is 190 Å². The van der Waals surface area contributed by atoms with Gasteiger partial charge in [-0.25, -0.2) is 15.0 Å². The summed E-state index contributed by atoms with van der Waals surface area (Å²) >= 11 is 0. The van der Waals surface area contributed by atoms with Crippen molar-refractivity contribution in [1.82, 2.24) is 28.7 Å². The Morgan fingerprint density at radius 1 is 0.252 bits per heavy atom. The van der Waals surface area contributed by atoms with Crippen LogP contribution in [0.1, 0.15) is 47.2 Å². The summed E-state index contributed by atoms with van der Waals surface area (Å²) in [5.74, 6) is 1.62. The van der Waals surface area contributed by atoms with Gasteiger partial charge in [0.2, 0.25) is 0 Å². The van der Waals surface area contributed by atoms with Gasteiger partial charge in [-0.2, -0.15) is 0 Å². The lowest BCUT2D eigenvalue weighted by molar-refractivity contribution is 0.661. The van der Waals surface area contributed by atoms with Crippen molar-refractivity contribution in [2.75, 3.05) is 0 Å². The van der Waals surface area contributed by atoms with Crippen molar-refractivity contribution in [1.29, 1.82) is 0 Å². The van der Waals surface area contributed by atoms with Gasteiger partial charge in [0, 0.05) is 77.4 Å². The Morgan fingerprint density at radius 3 is 1.39 bits per heavy atom. The van der Waals surface area contributed by atoms with Crippen molar-refractivity contribution in [3.63, 3.8) is 0 Å². The second-order valence-electron chi connectivity index (χ2n) is 31.6. The van der Waals surface area contributed by atoms with Crippen LogP contribution in [-0.4, -0.2) is 28.7 Å². The predicted octanol–water partition coefficient (Wildman–Crippen LogP) is 27.6. The lowest BCUT2D eigenvalue weighted by atomic mass is 9.70. The normalized spacial score (nSPS) is 13.3. The average molecular weight is 1460 g/mol. The third-order valence-corrected chi connectivity index (χ3v) is 25.3. The first-order valence-electron chi connectivity index (χ1n) is 39.8. The van der Waals surface area contributed by atoms with E-state index in [1.807, 2.05) is 24.4 Å². The third-order valence-electron chi connectivity index (χ3n) is 25.3. The number of pyridine rings is 1. The molecule has 6 nitrogen and oxygen atoms in total. The molecule has 3 aliphatic rings. The van der Waals surface area contributed by atoms with E-state index in [9.17, 15) is 0 Å². The lowest BCUT2D eigenvalue weighted by Gasteiger charge is -2.30. The molecule has 17 aromatic carbocycles. The second-order valence-corrected chi connectivity index (χ2v) is 31.6. The quantitative estimate of drug-likeness (QED) is 0.160. The van der Waals surface area contributed by atoms with Crippen molar-refractivity contribution >= 4 is 97.7 Å². The van der Waals surface area contributed by atoms with Crippen molar-refractivity contribution in [2.24, 2.45) is 0 Å². The van der Waals surface area contributed by atoms with E-state index in [-0.39, 0.29) is 5.41 Å². The maximum atomic E-state index is 5.25. The lowest BCUT2D eigenvalue weighted by Crippen LogP contribution is -2.25. The number of nitrogens with zero attached hydrogens (tertiary/aromatic N) is 6. The van der Waals surface area contributed by atoms with Crippen LogP contribution in [0.3, 0.4) is 0 Å². The highest BCUT2D eigenvalue weighted by molar-refractivity contribution is 6.26. The van der Waals surface area contributed by atoms with Crippen LogP contribution in [0.5, 0.6) is 0 Å². The molecule has 536 valence electrons. The molecule has 5 heterocycles. The molecule has 0 saturated heterocycles. The van der Waals surface area contributed by atoms with Crippen molar-refractivity contribution in [3.8, 4) is 95.6 Å². The summed E-state index contributed by atoms with van der Waals surface area (Å²) in [5, 5.41) is 15.1. The molecule has 115 heavy (non-hydrogen) atoms. The minimum absolute atomic E-state index is 0.145. The minimum Gasteiger partial charge on any atom is -0.309 e. The van der Waals surface area contributed by atoms with Gasteiger partial charge in [0.25, 0.3) is 0 Å². The first kappa shape index (κ1) is 64.9. The monoisotopic (exact) mass is 1460 g/mol. The van der Waals surface area contributed by atoms with E-state index >= 15 is 0 Å². The van der Waals surface area contributed by atoms with Gasteiger partial charge in [0.15, 0.2) is 5.82 Å². The molecule has 0 radical (unpaired) electrons. The molecule has 0 bridgehead atoms. The fourth-order valence-electron chi connectivity index (χ4n) is 20.5. The van der Waals surface area contributed by atoms with E-state index < -0.39 is 5.41 Å². The molecule has 5 aromatic heterocycles. The maximum absolute atomic E-state index is 5.25. The van der Waals surface area contributed by atoms with Crippen LogP contribution in [-0.2, 0) is 10.8 Å². The van der Waals surface area contributed by atoms with Crippen LogP contribution in [0.15, 0.2) is 388 Å². The molecule has 0 aliphatic heterocycles. The van der Waals surface area contributed by atoms with Gasteiger partial charge in [-0.15, -0.1) is 0 Å². The number of hydrogen-bond acceptors (Lipinski definition) is 3. The molecule has 0 saturated carbocycles. The standard InChI is InChI=1S/C57H35N3.C52H35N3/c1-4-17-37(18-5-1)49-35-50(38-19-6-2-7-20-38)59-56(58-49)39-28-30-44-52(34-39)60(40-21-8-3-9-22-40)51-33-32-48-55(54(44)51)53-41-23-11-10-16-36(41)29-31-47(53)57(48)45-26-14-12-24-42(45)43-25-13-15-27-46(43)57;1-52(2)42-25-23-32-14-6-7-17-35(32)48(42)50-43(52)26-28-46-49(50)41-30-33(24-27-45(41)55(46)47-22-12-13-29-53-47)39-31-40-37-19-10-11-21-44(37)54(34-15-4-3-5-16-34)51(40)38-20-9-8-18-36(38)39/h1-35H;3-31H,1-2H3. The highest BCUT2D eigenvalue weighted by atomic mass is 15.1. The smallest absolute Gasteiger partial charge is 0.160 e. The summed E-state index contributed by atoms with van der Waals surface area (Å²) in [6.45, 7) is 4.77. The summed E-state index contributed by atoms with van der Waals surface area (Å²) < 4.78 is 7.24. The largest absolute Gasteiger partial charge is 0.309 e. The number of fused-ring (bicyclic) bond motifs is 30. The van der Waals surface area contributed by atoms with E-state index in [2.05, 4.69) is 392 Å². The molecule has 0 unspecified atom stereocenters. The molecule has 6 heteroatoms. The minimum atomic E-state index is -0.462.